The summed E-state index contributed by atoms with van der Waals surface area (Å²) in [6.45, 7) is -1.16. The summed E-state index contributed by atoms with van der Waals surface area (Å²) in [6, 6.07) is 43.9. The van der Waals surface area contributed by atoms with Crippen molar-refractivity contribution in [3.05, 3.63) is 190 Å². The van der Waals surface area contributed by atoms with E-state index in [2.05, 4.69) is 10.0 Å². The van der Waals surface area contributed by atoms with Crippen LogP contribution >= 0.6 is 7.82 Å². The number of hydrogen-bond donors (Lipinski definition) is 4. The van der Waals surface area contributed by atoms with Crippen molar-refractivity contribution in [2.24, 2.45) is 5.11 Å². The average Bonchev–Trinajstić information content (AvgIpc) is 3.34. The van der Waals surface area contributed by atoms with Crippen molar-refractivity contribution in [3.8, 4) is 0 Å². The minimum atomic E-state index is -4.68. The molecule has 1 heterocycles. The molecule has 0 unspecified atom stereocenters. The molecule has 5 aromatic rings. The summed E-state index contributed by atoms with van der Waals surface area (Å²) in [7, 11) is -4.68. The quantitative estimate of drug-likeness (QED) is 0.0266. The molecule has 16 nitrogen and oxygen atoms in total. The molecule has 2 fully saturated rings. The monoisotopic (exact) mass is 897 g/mol. The first-order chi connectivity index (χ1) is 31.2. The van der Waals surface area contributed by atoms with Crippen LogP contribution < -0.4 is 0 Å². The molecule has 338 valence electrons. The van der Waals surface area contributed by atoms with Gasteiger partial charge in [0.05, 0.1) is 39.6 Å². The fourth-order valence-corrected chi connectivity index (χ4v) is 8.87. The fourth-order valence-electron chi connectivity index (χ4n) is 7.51. The molecule has 1 aliphatic heterocycles. The Morgan fingerprint density at radius 2 is 0.906 bits per heavy atom. The molecular formula is C47H52N3O13P. The fraction of sp³-hybridized carbons (Fsp3) is 0.362. The number of aliphatic hydroxyl groups is 4. The van der Waals surface area contributed by atoms with E-state index in [0.717, 1.165) is 16.7 Å². The Labute approximate surface area is 371 Å². The zero-order valence-electron chi connectivity index (χ0n) is 34.8. The maximum Gasteiger partial charge on any atom is 0.475 e. The summed E-state index contributed by atoms with van der Waals surface area (Å²) >= 11 is 0. The molecule has 0 spiro atoms. The van der Waals surface area contributed by atoms with E-state index >= 15 is 0 Å². The number of nitrogens with zero attached hydrogens (tertiary/aromatic N) is 3. The molecule has 1 aliphatic carbocycles. The van der Waals surface area contributed by atoms with Crippen LogP contribution in [0.2, 0.25) is 0 Å². The molecule has 17 heteroatoms. The van der Waals surface area contributed by atoms with Crippen molar-refractivity contribution < 1.29 is 62.2 Å². The van der Waals surface area contributed by atoms with Gasteiger partial charge < -0.3 is 44.1 Å². The molecule has 4 N–H and O–H groups in total. The van der Waals surface area contributed by atoms with Crippen LogP contribution in [0.4, 0.5) is 0 Å². The second-order valence-electron chi connectivity index (χ2n) is 15.3. The smallest absolute Gasteiger partial charge is 0.394 e. The van der Waals surface area contributed by atoms with Gasteiger partial charge in [0.25, 0.3) is 0 Å². The van der Waals surface area contributed by atoms with Gasteiger partial charge in [-0.1, -0.05) is 157 Å². The highest BCUT2D eigenvalue weighted by molar-refractivity contribution is 7.48. The maximum absolute atomic E-state index is 14.6. The second-order valence-corrected chi connectivity index (χ2v) is 16.9. The summed E-state index contributed by atoms with van der Waals surface area (Å²) in [5, 5.41) is 50.0. The van der Waals surface area contributed by atoms with E-state index in [1.807, 2.05) is 91.0 Å². The zero-order chi connectivity index (χ0) is 44.7. The van der Waals surface area contributed by atoms with E-state index in [9.17, 15) is 30.5 Å². The molecule has 0 radical (unpaired) electrons. The molecular weight excluding hydrogens is 845 g/mol. The van der Waals surface area contributed by atoms with Crippen LogP contribution in [-0.4, -0.2) is 94.3 Å². The van der Waals surface area contributed by atoms with Crippen LogP contribution in [-0.2, 0) is 74.9 Å². The average molecular weight is 898 g/mol. The first-order valence-corrected chi connectivity index (χ1v) is 22.3. The highest BCUT2D eigenvalue weighted by atomic mass is 31.2. The summed E-state index contributed by atoms with van der Waals surface area (Å²) < 4.78 is 64.4. The Morgan fingerprint density at radius 1 is 0.531 bits per heavy atom. The molecule has 0 amide bonds. The number of rotatable bonds is 21. The number of aliphatic hydroxyl groups excluding tert-OH is 4. The largest absolute Gasteiger partial charge is 0.475 e. The van der Waals surface area contributed by atoms with Gasteiger partial charge in [0, 0.05) is 4.91 Å². The van der Waals surface area contributed by atoms with Gasteiger partial charge in [-0.15, -0.1) is 0 Å². The van der Waals surface area contributed by atoms with Crippen LogP contribution in [0.15, 0.2) is 157 Å². The van der Waals surface area contributed by atoms with E-state index in [4.69, 9.17) is 37.3 Å². The highest BCUT2D eigenvalue weighted by Gasteiger charge is 2.56. The Kier molecular flexibility index (Phi) is 17.2. The molecule has 64 heavy (non-hydrogen) atoms. The lowest BCUT2D eigenvalue weighted by atomic mass is 9.83. The van der Waals surface area contributed by atoms with E-state index in [0.29, 0.717) is 11.1 Å². The van der Waals surface area contributed by atoms with Crippen LogP contribution in [0, 0.1) is 0 Å². The number of benzene rings is 5. The molecule has 5 aromatic carbocycles. The minimum absolute atomic E-state index is 0.000484. The topological polar surface area (TPSA) is 221 Å². The van der Waals surface area contributed by atoms with Crippen molar-refractivity contribution in [1.82, 2.24) is 0 Å². The first-order valence-electron chi connectivity index (χ1n) is 20.9. The predicted octanol–water partition coefficient (Wildman–Crippen LogP) is 6.55. The Balaban J connectivity index is 1.22. The lowest BCUT2D eigenvalue weighted by Gasteiger charge is -2.49. The summed E-state index contributed by atoms with van der Waals surface area (Å²) in [5.41, 5.74) is 13.5. The van der Waals surface area contributed by atoms with Gasteiger partial charge in [0.1, 0.15) is 61.0 Å². The van der Waals surface area contributed by atoms with Crippen LogP contribution in [0.3, 0.4) is 0 Å². The van der Waals surface area contributed by atoms with Gasteiger partial charge >= 0.3 is 7.82 Å². The van der Waals surface area contributed by atoms with Gasteiger partial charge in [-0.3, -0.25) is 13.6 Å². The summed E-state index contributed by atoms with van der Waals surface area (Å²) in [5.74, 6) is 0. The third-order valence-corrected chi connectivity index (χ3v) is 12.3. The third kappa shape index (κ3) is 12.5. The van der Waals surface area contributed by atoms with Crippen molar-refractivity contribution in [3.63, 3.8) is 0 Å². The number of azide groups is 1. The molecule has 7 rings (SSSR count). The molecule has 0 aromatic heterocycles. The van der Waals surface area contributed by atoms with E-state index in [1.54, 1.807) is 60.7 Å². The number of hydrogen-bond acceptors (Lipinski definition) is 14. The summed E-state index contributed by atoms with van der Waals surface area (Å²) in [6.07, 6.45) is -15.1. The van der Waals surface area contributed by atoms with Crippen LogP contribution in [0.5, 0.6) is 0 Å². The summed E-state index contributed by atoms with van der Waals surface area (Å²) in [4.78, 5) is 2.98. The van der Waals surface area contributed by atoms with Gasteiger partial charge in [-0.2, -0.15) is 0 Å². The number of phosphoric ester groups is 1. The standard InChI is InChI=1S/C47H52N3O13P/c48-50-49-38-42(63-64(55,59-30-35-22-12-4-13-23-35)60-31-36-24-14-5-15-25-36)39(52)37(26-51)61-47(38)62-44-41(54)40(53)43(56-27-32-16-6-1-7-17-32)45(57-28-33-18-8-2-9-19-33)46(44)58-29-34-20-10-3-11-21-34/h1-25,37-47,51-54H,26-31H2/t37-,38-,39-,40+,41-,42-,43+,44+,45-,46-,47-/m1/s1. The lowest BCUT2D eigenvalue weighted by Crippen LogP contribution is -2.68. The number of phosphoric acid groups is 1. The lowest BCUT2D eigenvalue weighted by molar-refractivity contribution is -0.327. The Bertz CT molecular complexity index is 2180. The van der Waals surface area contributed by atoms with Crippen LogP contribution in [0.25, 0.3) is 10.4 Å². The SMILES string of the molecule is [N-]=[N+]=N[C@H]1[C@@H](O[C@H]2[C@H](O)[C@H](O)[C@H](OCc3ccccc3)[C@@H](OCc3ccccc3)[C@@H]2OCc2ccccc2)O[C@H](CO)[C@@H](O)[C@@H]1OP(=O)(OCc1ccccc1)OCc1ccccc1. The normalized spacial score (nSPS) is 27.1. The van der Waals surface area contributed by atoms with Gasteiger partial charge in [0.15, 0.2) is 6.29 Å². The van der Waals surface area contributed by atoms with Gasteiger partial charge in [-0.25, -0.2) is 4.57 Å². The van der Waals surface area contributed by atoms with Gasteiger partial charge in [0.2, 0.25) is 0 Å². The molecule has 1 saturated heterocycles. The zero-order valence-corrected chi connectivity index (χ0v) is 35.7. The highest BCUT2D eigenvalue weighted by Crippen LogP contribution is 2.54. The Hall–Kier alpha value is -4.84. The third-order valence-electron chi connectivity index (χ3n) is 10.9. The van der Waals surface area contributed by atoms with E-state index in [1.165, 1.54) is 0 Å². The second kappa shape index (κ2) is 23.4. The molecule has 0 bridgehead atoms. The first kappa shape index (κ1) is 47.1. The molecule has 2 aliphatic rings. The van der Waals surface area contributed by atoms with E-state index < -0.39 is 81.7 Å². The minimum Gasteiger partial charge on any atom is -0.394 e. The van der Waals surface area contributed by atoms with E-state index in [-0.39, 0.29) is 33.0 Å². The Morgan fingerprint density at radius 3 is 1.31 bits per heavy atom. The van der Waals surface area contributed by atoms with Crippen molar-refractivity contribution in [1.29, 1.82) is 0 Å². The number of ether oxygens (including phenoxy) is 5. The molecule has 11 atom stereocenters. The van der Waals surface area contributed by atoms with Crippen molar-refractivity contribution in [2.75, 3.05) is 6.61 Å². The maximum atomic E-state index is 14.6. The predicted molar refractivity (Wildman–Crippen MR) is 232 cm³/mol. The van der Waals surface area contributed by atoms with Gasteiger partial charge in [-0.05, 0) is 33.3 Å². The van der Waals surface area contributed by atoms with Crippen molar-refractivity contribution in [2.45, 2.75) is 100 Å². The van der Waals surface area contributed by atoms with Crippen LogP contribution in [0.1, 0.15) is 27.8 Å². The molecule has 1 saturated carbocycles. The van der Waals surface area contributed by atoms with Crippen molar-refractivity contribution >= 4 is 7.82 Å².